The Hall–Kier alpha value is -1.79. The Bertz CT molecular complexity index is 283. The number of nitrogens with zero attached hydrogens (tertiary/aromatic N) is 2. The van der Waals surface area contributed by atoms with Crippen LogP contribution in [-0.2, 0) is 4.79 Å². The molecule has 7 nitrogen and oxygen atoms in total. The summed E-state index contributed by atoms with van der Waals surface area (Å²) in [5, 5.41) is 21.8. The number of likely N-dealkylation sites (N-methyl/N-ethyl adjacent to an activating group) is 1. The van der Waals surface area contributed by atoms with Crippen LogP contribution in [0, 0.1) is 10.1 Å². The molecule has 7 heteroatoms. The number of nitro groups is 1. The Labute approximate surface area is 80.2 Å². The highest BCUT2D eigenvalue weighted by molar-refractivity contribution is 5.84. The minimum absolute atomic E-state index is 0.102. The molecule has 78 valence electrons. The summed E-state index contributed by atoms with van der Waals surface area (Å²) in [6.45, 7) is 3.49. The van der Waals surface area contributed by atoms with Crippen LogP contribution in [0.4, 0.5) is 0 Å². The first-order valence-corrected chi connectivity index (χ1v) is 4.18. The van der Waals surface area contributed by atoms with Crippen molar-refractivity contribution in [2.24, 2.45) is 0 Å². The van der Waals surface area contributed by atoms with Gasteiger partial charge >= 0.3 is 11.7 Å². The SMILES string of the molecule is CCN1CCNC1=C(C(=O)O)[N+](=O)[O-]. The van der Waals surface area contributed by atoms with Gasteiger partial charge in [-0.25, -0.2) is 4.79 Å². The molecule has 1 saturated heterocycles. The molecule has 0 aliphatic carbocycles. The predicted octanol–water partition coefficient (Wildman–Crippen LogP) is -0.558. The number of aliphatic carboxylic acids is 1. The number of carbonyl (C=O) groups is 1. The molecule has 0 aromatic rings. The van der Waals surface area contributed by atoms with Crippen LogP contribution in [0.3, 0.4) is 0 Å². The molecule has 2 N–H and O–H groups in total. The number of hydrogen-bond donors (Lipinski definition) is 2. The van der Waals surface area contributed by atoms with Gasteiger partial charge in [0.2, 0.25) is 0 Å². The number of rotatable bonds is 3. The van der Waals surface area contributed by atoms with Crippen molar-refractivity contribution in [1.29, 1.82) is 0 Å². The average molecular weight is 201 g/mol. The molecule has 1 aliphatic heterocycles. The fourth-order valence-electron chi connectivity index (χ4n) is 1.35. The molecular weight excluding hydrogens is 190 g/mol. The number of nitrogens with one attached hydrogen (secondary N) is 1. The Kier molecular flexibility index (Phi) is 2.90. The molecule has 0 aromatic heterocycles. The van der Waals surface area contributed by atoms with Gasteiger partial charge in [-0.15, -0.1) is 0 Å². The normalized spacial score (nSPS) is 19.1. The van der Waals surface area contributed by atoms with Crippen LogP contribution in [-0.4, -0.2) is 40.5 Å². The highest BCUT2D eigenvalue weighted by atomic mass is 16.6. The van der Waals surface area contributed by atoms with Gasteiger partial charge in [0.25, 0.3) is 0 Å². The third kappa shape index (κ3) is 1.76. The standard InChI is InChI=1S/C7H11N3O4/c1-2-9-4-3-8-6(9)5(7(11)12)10(13)14/h8H,2-4H2,1H3,(H,11,12). The lowest BCUT2D eigenvalue weighted by Gasteiger charge is -2.14. The minimum Gasteiger partial charge on any atom is -0.473 e. The van der Waals surface area contributed by atoms with E-state index in [2.05, 4.69) is 5.32 Å². The molecule has 0 saturated carbocycles. The van der Waals surface area contributed by atoms with E-state index < -0.39 is 16.6 Å². The summed E-state index contributed by atoms with van der Waals surface area (Å²) in [4.78, 5) is 21.9. The summed E-state index contributed by atoms with van der Waals surface area (Å²) < 4.78 is 0. The van der Waals surface area contributed by atoms with Crippen molar-refractivity contribution in [2.45, 2.75) is 6.92 Å². The second kappa shape index (κ2) is 3.95. The Morgan fingerprint density at radius 3 is 2.86 bits per heavy atom. The molecule has 0 radical (unpaired) electrons. The predicted molar refractivity (Wildman–Crippen MR) is 46.9 cm³/mol. The second-order valence-corrected chi connectivity index (χ2v) is 2.77. The Balaban J connectivity index is 3.08. The first-order valence-electron chi connectivity index (χ1n) is 4.18. The van der Waals surface area contributed by atoms with E-state index in [0.717, 1.165) is 0 Å². The van der Waals surface area contributed by atoms with Crippen LogP contribution >= 0.6 is 0 Å². The first kappa shape index (κ1) is 10.3. The van der Waals surface area contributed by atoms with E-state index in [1.165, 1.54) is 0 Å². The van der Waals surface area contributed by atoms with Crippen LogP contribution in [0.5, 0.6) is 0 Å². The minimum atomic E-state index is -1.52. The third-order valence-corrected chi connectivity index (χ3v) is 1.98. The monoisotopic (exact) mass is 201 g/mol. The van der Waals surface area contributed by atoms with Crippen molar-refractivity contribution in [3.63, 3.8) is 0 Å². The van der Waals surface area contributed by atoms with Crippen LogP contribution < -0.4 is 5.32 Å². The largest absolute Gasteiger partial charge is 0.473 e. The van der Waals surface area contributed by atoms with Crippen LogP contribution in [0.1, 0.15) is 6.92 Å². The van der Waals surface area contributed by atoms with Crippen LogP contribution in [0.15, 0.2) is 11.5 Å². The lowest BCUT2D eigenvalue weighted by Crippen LogP contribution is -2.26. The van der Waals surface area contributed by atoms with Crippen LogP contribution in [0.2, 0.25) is 0 Å². The van der Waals surface area contributed by atoms with E-state index >= 15 is 0 Å². The van der Waals surface area contributed by atoms with Crippen LogP contribution in [0.25, 0.3) is 0 Å². The molecule has 0 unspecified atom stereocenters. The zero-order valence-electron chi connectivity index (χ0n) is 7.69. The summed E-state index contributed by atoms with van der Waals surface area (Å²) in [7, 11) is 0. The van der Waals surface area contributed by atoms with Gasteiger partial charge in [0.15, 0.2) is 5.82 Å². The van der Waals surface area contributed by atoms with Gasteiger partial charge in [0.05, 0.1) is 4.92 Å². The van der Waals surface area contributed by atoms with Gasteiger partial charge in [0.1, 0.15) is 0 Å². The summed E-state index contributed by atoms with van der Waals surface area (Å²) in [5.74, 6) is -1.41. The maximum atomic E-state index is 10.6. The maximum Gasteiger partial charge on any atom is 0.411 e. The molecule has 0 bridgehead atoms. The van der Waals surface area contributed by atoms with E-state index in [1.807, 2.05) is 6.92 Å². The molecular formula is C7H11N3O4. The third-order valence-electron chi connectivity index (χ3n) is 1.98. The van der Waals surface area contributed by atoms with Crippen molar-refractivity contribution in [3.05, 3.63) is 21.6 Å². The lowest BCUT2D eigenvalue weighted by molar-refractivity contribution is -0.423. The molecule has 0 aromatic carbocycles. The smallest absolute Gasteiger partial charge is 0.411 e. The average Bonchev–Trinajstić information content (AvgIpc) is 2.51. The molecule has 0 spiro atoms. The topological polar surface area (TPSA) is 95.7 Å². The van der Waals surface area contributed by atoms with Crippen molar-refractivity contribution >= 4 is 5.97 Å². The van der Waals surface area contributed by atoms with E-state index in [0.29, 0.717) is 19.6 Å². The van der Waals surface area contributed by atoms with Crippen molar-refractivity contribution < 1.29 is 14.8 Å². The highest BCUT2D eigenvalue weighted by Crippen LogP contribution is 2.12. The molecule has 0 atom stereocenters. The molecule has 14 heavy (non-hydrogen) atoms. The molecule has 1 rings (SSSR count). The van der Waals surface area contributed by atoms with Gasteiger partial charge in [-0.05, 0) is 6.92 Å². The first-order chi connectivity index (χ1) is 6.57. The maximum absolute atomic E-state index is 10.6. The number of carboxylic acid groups (broad SMARTS) is 1. The van der Waals surface area contributed by atoms with Gasteiger partial charge in [0, 0.05) is 19.6 Å². The van der Waals surface area contributed by atoms with E-state index in [4.69, 9.17) is 5.11 Å². The molecule has 0 amide bonds. The van der Waals surface area contributed by atoms with Gasteiger partial charge < -0.3 is 15.3 Å². The summed E-state index contributed by atoms with van der Waals surface area (Å²) in [6.07, 6.45) is 0. The van der Waals surface area contributed by atoms with Gasteiger partial charge in [-0.1, -0.05) is 0 Å². The number of hydrogen-bond acceptors (Lipinski definition) is 5. The summed E-state index contributed by atoms with van der Waals surface area (Å²) in [6, 6.07) is 0. The Morgan fingerprint density at radius 1 is 1.79 bits per heavy atom. The Morgan fingerprint density at radius 2 is 2.43 bits per heavy atom. The zero-order valence-corrected chi connectivity index (χ0v) is 7.69. The van der Waals surface area contributed by atoms with Crippen molar-refractivity contribution in [2.75, 3.05) is 19.6 Å². The van der Waals surface area contributed by atoms with Gasteiger partial charge in [-0.2, -0.15) is 0 Å². The molecule has 1 aliphatic rings. The quantitative estimate of drug-likeness (QED) is 0.361. The van der Waals surface area contributed by atoms with E-state index in [9.17, 15) is 14.9 Å². The fourth-order valence-corrected chi connectivity index (χ4v) is 1.35. The number of carboxylic acids is 1. The molecule has 1 fully saturated rings. The second-order valence-electron chi connectivity index (χ2n) is 2.77. The van der Waals surface area contributed by atoms with E-state index in [-0.39, 0.29) is 5.82 Å². The zero-order chi connectivity index (χ0) is 10.7. The highest BCUT2D eigenvalue weighted by Gasteiger charge is 2.32. The van der Waals surface area contributed by atoms with Crippen molar-refractivity contribution in [1.82, 2.24) is 10.2 Å². The van der Waals surface area contributed by atoms with Gasteiger partial charge in [-0.3, -0.25) is 10.1 Å². The fraction of sp³-hybridized carbons (Fsp3) is 0.571. The lowest BCUT2D eigenvalue weighted by atomic mass is 10.4. The summed E-state index contributed by atoms with van der Waals surface area (Å²) >= 11 is 0. The molecule has 1 heterocycles. The van der Waals surface area contributed by atoms with E-state index in [1.54, 1.807) is 4.90 Å². The summed E-state index contributed by atoms with van der Waals surface area (Å²) in [5.41, 5.74) is -0.788. The van der Waals surface area contributed by atoms with Crippen molar-refractivity contribution in [3.8, 4) is 0 Å².